The second kappa shape index (κ2) is 13.9. The van der Waals surface area contributed by atoms with Crippen LogP contribution in [0, 0.1) is 6.92 Å². The Kier molecular flexibility index (Phi) is 13.2. The van der Waals surface area contributed by atoms with Crippen molar-refractivity contribution in [2.45, 2.75) is 19.9 Å². The quantitative estimate of drug-likeness (QED) is 0.177. The number of methoxy groups -OCH3 is 2. The molecule has 0 aromatic carbocycles. The van der Waals surface area contributed by atoms with E-state index < -0.39 is 5.97 Å². The summed E-state index contributed by atoms with van der Waals surface area (Å²) in [5.74, 6) is 1.42. The highest BCUT2D eigenvalue weighted by atomic mass is 127. The summed E-state index contributed by atoms with van der Waals surface area (Å²) >= 11 is 0. The van der Waals surface area contributed by atoms with Crippen molar-refractivity contribution in [3.05, 3.63) is 23.2 Å². The molecular formula is C16H28IN3O5. The molecule has 0 aliphatic carbocycles. The third kappa shape index (κ3) is 9.07. The van der Waals surface area contributed by atoms with Crippen LogP contribution in [-0.4, -0.2) is 59.6 Å². The van der Waals surface area contributed by atoms with E-state index in [2.05, 4.69) is 15.6 Å². The molecule has 1 heterocycles. The van der Waals surface area contributed by atoms with Crippen molar-refractivity contribution in [2.75, 3.05) is 47.6 Å². The molecule has 9 heteroatoms. The molecule has 0 amide bonds. The molecule has 0 atom stereocenters. The normalized spacial score (nSPS) is 11.0. The van der Waals surface area contributed by atoms with E-state index in [1.165, 1.54) is 7.11 Å². The number of furan rings is 1. The Hall–Kier alpha value is -1.33. The second-order valence-corrected chi connectivity index (χ2v) is 4.99. The maximum Gasteiger partial charge on any atom is 0.341 e. The fourth-order valence-corrected chi connectivity index (χ4v) is 1.96. The molecule has 0 unspecified atom stereocenters. The summed E-state index contributed by atoms with van der Waals surface area (Å²) in [5.41, 5.74) is 0.436. The molecule has 0 saturated carbocycles. The summed E-state index contributed by atoms with van der Waals surface area (Å²) in [6.07, 6.45) is 0.858. The smallest absolute Gasteiger partial charge is 0.341 e. The van der Waals surface area contributed by atoms with Gasteiger partial charge in [-0.15, -0.1) is 24.0 Å². The van der Waals surface area contributed by atoms with Crippen LogP contribution in [-0.2, 0) is 20.8 Å². The number of nitrogens with zero attached hydrogens (tertiary/aromatic N) is 1. The van der Waals surface area contributed by atoms with E-state index >= 15 is 0 Å². The number of halogens is 1. The number of ether oxygens (including phenoxy) is 3. The molecule has 1 aromatic rings. The van der Waals surface area contributed by atoms with E-state index in [-0.39, 0.29) is 24.0 Å². The van der Waals surface area contributed by atoms with Crippen molar-refractivity contribution in [3.63, 3.8) is 0 Å². The Balaban J connectivity index is 0.00000576. The minimum Gasteiger partial charge on any atom is -0.465 e. The van der Waals surface area contributed by atoms with Crippen LogP contribution in [0.5, 0.6) is 0 Å². The first-order chi connectivity index (χ1) is 11.6. The molecule has 0 bridgehead atoms. The summed E-state index contributed by atoms with van der Waals surface area (Å²) in [6.45, 7) is 4.75. The number of rotatable bonds is 10. The number of aryl methyl sites for hydroxylation is 1. The molecule has 0 aliphatic heterocycles. The van der Waals surface area contributed by atoms with Crippen molar-refractivity contribution < 1.29 is 23.4 Å². The monoisotopic (exact) mass is 469 g/mol. The number of carbonyl (C=O) groups is 1. The van der Waals surface area contributed by atoms with Crippen molar-refractivity contribution >= 4 is 35.9 Å². The average molecular weight is 469 g/mol. The lowest BCUT2D eigenvalue weighted by Crippen LogP contribution is -2.37. The summed E-state index contributed by atoms with van der Waals surface area (Å²) < 4.78 is 20.5. The van der Waals surface area contributed by atoms with Gasteiger partial charge in [0.15, 0.2) is 5.96 Å². The van der Waals surface area contributed by atoms with Crippen molar-refractivity contribution in [3.8, 4) is 0 Å². The predicted molar refractivity (Wildman–Crippen MR) is 106 cm³/mol. The molecule has 0 fully saturated rings. The van der Waals surface area contributed by atoms with Crippen LogP contribution in [0.1, 0.15) is 28.3 Å². The third-order valence-electron chi connectivity index (χ3n) is 3.22. The zero-order chi connectivity index (χ0) is 17.8. The molecule has 144 valence electrons. The Morgan fingerprint density at radius 2 is 2.00 bits per heavy atom. The molecule has 0 spiro atoms. The average Bonchev–Trinajstić information content (AvgIpc) is 2.96. The molecule has 1 aromatic heterocycles. The zero-order valence-electron chi connectivity index (χ0n) is 15.2. The molecule has 0 radical (unpaired) electrons. The van der Waals surface area contributed by atoms with Gasteiger partial charge in [-0.25, -0.2) is 4.79 Å². The fraction of sp³-hybridized carbons (Fsp3) is 0.625. The highest BCUT2D eigenvalue weighted by Gasteiger charge is 2.15. The van der Waals surface area contributed by atoms with Gasteiger partial charge in [-0.1, -0.05) is 0 Å². The SMILES string of the molecule is CN=C(NCCCOCCOC)NCc1cc(C(=O)OC)c(C)o1.I. The van der Waals surface area contributed by atoms with Gasteiger partial charge in [-0.05, 0) is 19.4 Å². The van der Waals surface area contributed by atoms with Crippen LogP contribution in [0.15, 0.2) is 15.5 Å². The second-order valence-electron chi connectivity index (χ2n) is 4.99. The van der Waals surface area contributed by atoms with E-state index in [0.717, 1.165) is 13.0 Å². The Labute approximate surface area is 165 Å². The maximum absolute atomic E-state index is 11.6. The van der Waals surface area contributed by atoms with Crippen LogP contribution < -0.4 is 10.6 Å². The highest BCUT2D eigenvalue weighted by Crippen LogP contribution is 2.15. The van der Waals surface area contributed by atoms with Gasteiger partial charge in [-0.2, -0.15) is 0 Å². The fourth-order valence-electron chi connectivity index (χ4n) is 1.96. The number of esters is 1. The summed E-state index contributed by atoms with van der Waals surface area (Å²) in [4.78, 5) is 15.7. The zero-order valence-corrected chi connectivity index (χ0v) is 17.5. The summed E-state index contributed by atoms with van der Waals surface area (Å²) in [7, 11) is 4.68. The molecule has 0 saturated heterocycles. The third-order valence-corrected chi connectivity index (χ3v) is 3.22. The first-order valence-corrected chi connectivity index (χ1v) is 7.81. The standard InChI is InChI=1S/C16H27N3O5.HI/c1-12-14(15(20)22-4)10-13(24-12)11-19-16(17-2)18-6-5-7-23-9-8-21-3;/h10H,5-9,11H2,1-4H3,(H2,17,18,19);1H. The van der Waals surface area contributed by atoms with Crippen LogP contribution >= 0.6 is 24.0 Å². The predicted octanol–water partition coefficient (Wildman–Crippen LogP) is 1.71. The van der Waals surface area contributed by atoms with Gasteiger partial charge in [0.1, 0.15) is 17.1 Å². The Bertz CT molecular complexity index is 534. The van der Waals surface area contributed by atoms with E-state index in [4.69, 9.17) is 18.6 Å². The Morgan fingerprint density at radius 1 is 1.24 bits per heavy atom. The summed E-state index contributed by atoms with van der Waals surface area (Å²) in [5, 5.41) is 6.31. The topological polar surface area (TPSA) is 94.3 Å². The number of nitrogens with one attached hydrogen (secondary N) is 2. The van der Waals surface area contributed by atoms with Gasteiger partial charge in [-0.3, -0.25) is 4.99 Å². The van der Waals surface area contributed by atoms with Gasteiger partial charge in [0.25, 0.3) is 0 Å². The molecule has 2 N–H and O–H groups in total. The first-order valence-electron chi connectivity index (χ1n) is 7.81. The van der Waals surface area contributed by atoms with Crippen LogP contribution in [0.2, 0.25) is 0 Å². The molecular weight excluding hydrogens is 441 g/mol. The number of aliphatic imine (C=N–C) groups is 1. The lowest BCUT2D eigenvalue weighted by atomic mass is 10.2. The lowest BCUT2D eigenvalue weighted by molar-refractivity contribution is 0.0599. The van der Waals surface area contributed by atoms with Gasteiger partial charge < -0.3 is 29.3 Å². The molecule has 0 aliphatic rings. The number of hydrogen-bond donors (Lipinski definition) is 2. The number of carbonyl (C=O) groups excluding carboxylic acids is 1. The number of guanidine groups is 1. The highest BCUT2D eigenvalue weighted by molar-refractivity contribution is 14.0. The van der Waals surface area contributed by atoms with Crippen molar-refractivity contribution in [1.29, 1.82) is 0 Å². The van der Waals surface area contributed by atoms with Crippen LogP contribution in [0.3, 0.4) is 0 Å². The van der Waals surface area contributed by atoms with Gasteiger partial charge in [0.05, 0.1) is 26.9 Å². The van der Waals surface area contributed by atoms with Crippen LogP contribution in [0.4, 0.5) is 0 Å². The minimum absolute atomic E-state index is 0. The van der Waals surface area contributed by atoms with E-state index in [0.29, 0.717) is 49.4 Å². The molecule has 25 heavy (non-hydrogen) atoms. The number of hydrogen-bond acceptors (Lipinski definition) is 6. The van der Waals surface area contributed by atoms with E-state index in [9.17, 15) is 4.79 Å². The molecule has 8 nitrogen and oxygen atoms in total. The van der Waals surface area contributed by atoms with E-state index in [1.807, 2.05) is 0 Å². The minimum atomic E-state index is -0.404. The van der Waals surface area contributed by atoms with Gasteiger partial charge in [0, 0.05) is 27.3 Å². The summed E-state index contributed by atoms with van der Waals surface area (Å²) in [6, 6.07) is 1.67. The Morgan fingerprint density at radius 3 is 2.64 bits per heavy atom. The van der Waals surface area contributed by atoms with E-state index in [1.54, 1.807) is 27.1 Å². The van der Waals surface area contributed by atoms with Crippen molar-refractivity contribution in [2.24, 2.45) is 4.99 Å². The maximum atomic E-state index is 11.6. The van der Waals surface area contributed by atoms with Gasteiger partial charge in [0.2, 0.25) is 0 Å². The van der Waals surface area contributed by atoms with Gasteiger partial charge >= 0.3 is 5.97 Å². The lowest BCUT2D eigenvalue weighted by Gasteiger charge is -2.11. The molecule has 1 rings (SSSR count). The van der Waals surface area contributed by atoms with Crippen LogP contribution in [0.25, 0.3) is 0 Å². The van der Waals surface area contributed by atoms with Crippen molar-refractivity contribution in [1.82, 2.24) is 10.6 Å². The largest absolute Gasteiger partial charge is 0.465 e. The first kappa shape index (κ1) is 23.7.